The van der Waals surface area contributed by atoms with Crippen molar-refractivity contribution in [2.45, 2.75) is 33.7 Å². The van der Waals surface area contributed by atoms with Crippen molar-refractivity contribution in [3.8, 4) is 0 Å². The summed E-state index contributed by atoms with van der Waals surface area (Å²) in [5.74, 6) is 0.529. The summed E-state index contributed by atoms with van der Waals surface area (Å²) < 4.78 is 26.6. The highest BCUT2D eigenvalue weighted by Crippen LogP contribution is 2.19. The normalized spacial score (nSPS) is 12.3. The monoisotopic (exact) mass is 355 g/mol. The van der Waals surface area contributed by atoms with E-state index in [2.05, 4.69) is 33.0 Å². The van der Waals surface area contributed by atoms with Crippen molar-refractivity contribution in [3.05, 3.63) is 29.8 Å². The fraction of sp³-hybridized carbons (Fsp3) is 0.588. The number of hydrogen-bond acceptors (Lipinski definition) is 3. The summed E-state index contributed by atoms with van der Waals surface area (Å²) in [5, 5.41) is 3.05. The van der Waals surface area contributed by atoms with Crippen LogP contribution in [0.25, 0.3) is 0 Å². The molecule has 0 atom stereocenters. The fourth-order valence-electron chi connectivity index (χ4n) is 2.54. The Morgan fingerprint density at radius 3 is 1.79 bits per heavy atom. The van der Waals surface area contributed by atoms with E-state index in [4.69, 9.17) is 0 Å². The summed E-state index contributed by atoms with van der Waals surface area (Å²) in [4.78, 5) is 12.4. The molecule has 0 saturated carbocycles. The van der Waals surface area contributed by atoms with Crippen LogP contribution in [0.4, 0.5) is 5.69 Å². The molecule has 0 aliphatic carbocycles. The van der Waals surface area contributed by atoms with Gasteiger partial charge in [-0.1, -0.05) is 27.7 Å². The third-order valence-electron chi connectivity index (χ3n) is 4.03. The van der Waals surface area contributed by atoms with Crippen molar-refractivity contribution in [1.82, 2.24) is 9.62 Å². The first-order valence-electron chi connectivity index (χ1n) is 8.05. The molecule has 0 bridgehead atoms. The van der Waals surface area contributed by atoms with Crippen LogP contribution in [0, 0.1) is 11.8 Å². The van der Waals surface area contributed by atoms with E-state index in [9.17, 15) is 13.2 Å². The minimum absolute atomic E-state index is 0.0916. The molecule has 0 radical (unpaired) electrons. The largest absolute Gasteiger partial charge is 0.349 e. The summed E-state index contributed by atoms with van der Waals surface area (Å²) in [6.45, 7) is 8.31. The van der Waals surface area contributed by atoms with Gasteiger partial charge >= 0.3 is 10.2 Å². The maximum absolute atomic E-state index is 12.4. The molecule has 0 heterocycles. The lowest BCUT2D eigenvalue weighted by molar-refractivity contribution is 0.0910. The highest BCUT2D eigenvalue weighted by atomic mass is 32.2. The first kappa shape index (κ1) is 20.4. The lowest BCUT2D eigenvalue weighted by atomic mass is 9.93. The van der Waals surface area contributed by atoms with Crippen LogP contribution in [0.15, 0.2) is 24.3 Å². The maximum Gasteiger partial charge on any atom is 0.303 e. The Morgan fingerprint density at radius 1 is 0.958 bits per heavy atom. The number of nitrogens with zero attached hydrogens (tertiary/aromatic N) is 2. The SMILES string of the molecule is CC(C)C(NC(=O)c1ccc(N(C)S(=O)(=O)N(C)C)cc1)C(C)C. The van der Waals surface area contributed by atoms with E-state index < -0.39 is 10.2 Å². The standard InChI is InChI=1S/C17H29N3O3S/c1-12(2)16(13(3)4)18-17(21)14-8-10-15(11-9-14)20(7)24(22,23)19(5)6/h8-13,16H,1-7H3,(H,18,21). The van der Waals surface area contributed by atoms with Gasteiger partial charge in [0.2, 0.25) is 0 Å². The molecule has 7 heteroatoms. The number of rotatable bonds is 7. The maximum atomic E-state index is 12.4. The molecule has 0 fully saturated rings. The predicted molar refractivity (Wildman–Crippen MR) is 98.4 cm³/mol. The average molecular weight is 356 g/mol. The van der Waals surface area contributed by atoms with Crippen molar-refractivity contribution in [1.29, 1.82) is 0 Å². The summed E-state index contributed by atoms with van der Waals surface area (Å²) in [7, 11) is 0.901. The highest BCUT2D eigenvalue weighted by molar-refractivity contribution is 7.90. The Labute approximate surface area is 146 Å². The van der Waals surface area contributed by atoms with Crippen molar-refractivity contribution >= 4 is 21.8 Å². The molecule has 1 N–H and O–H groups in total. The van der Waals surface area contributed by atoms with Gasteiger partial charge in [0.25, 0.3) is 5.91 Å². The van der Waals surface area contributed by atoms with Crippen LogP contribution in [-0.2, 0) is 10.2 Å². The zero-order valence-electron chi connectivity index (χ0n) is 15.6. The molecular formula is C17H29N3O3S. The van der Waals surface area contributed by atoms with Crippen LogP contribution in [0.2, 0.25) is 0 Å². The summed E-state index contributed by atoms with van der Waals surface area (Å²) >= 11 is 0. The molecule has 136 valence electrons. The van der Waals surface area contributed by atoms with Crippen LogP contribution in [0.3, 0.4) is 0 Å². The molecule has 24 heavy (non-hydrogen) atoms. The molecule has 0 aromatic heterocycles. The number of anilines is 1. The van der Waals surface area contributed by atoms with E-state index in [1.54, 1.807) is 24.3 Å². The Morgan fingerprint density at radius 2 is 1.42 bits per heavy atom. The second kappa shape index (κ2) is 7.98. The number of amides is 1. The lowest BCUT2D eigenvalue weighted by Crippen LogP contribution is -2.42. The van der Waals surface area contributed by atoms with Crippen molar-refractivity contribution < 1.29 is 13.2 Å². The quantitative estimate of drug-likeness (QED) is 0.816. The topological polar surface area (TPSA) is 69.7 Å². The van der Waals surface area contributed by atoms with Crippen LogP contribution in [0.1, 0.15) is 38.1 Å². The van der Waals surface area contributed by atoms with E-state index >= 15 is 0 Å². The van der Waals surface area contributed by atoms with Crippen molar-refractivity contribution in [2.75, 3.05) is 25.4 Å². The van der Waals surface area contributed by atoms with Gasteiger partial charge in [-0.2, -0.15) is 12.7 Å². The molecule has 6 nitrogen and oxygen atoms in total. The number of benzene rings is 1. The minimum Gasteiger partial charge on any atom is -0.349 e. The van der Waals surface area contributed by atoms with E-state index in [1.165, 1.54) is 25.4 Å². The van der Waals surface area contributed by atoms with Crippen LogP contribution < -0.4 is 9.62 Å². The zero-order chi connectivity index (χ0) is 18.7. The summed E-state index contributed by atoms with van der Waals surface area (Å²) in [6, 6.07) is 6.65. The second-order valence-corrected chi connectivity index (χ2v) is 8.97. The molecule has 1 aromatic rings. The van der Waals surface area contributed by atoms with E-state index in [0.29, 0.717) is 23.1 Å². The first-order valence-corrected chi connectivity index (χ1v) is 9.45. The third-order valence-corrected chi connectivity index (χ3v) is 5.86. The van der Waals surface area contributed by atoms with Gasteiger partial charge in [-0.15, -0.1) is 0 Å². The molecule has 1 amide bonds. The van der Waals surface area contributed by atoms with Crippen LogP contribution in [0.5, 0.6) is 0 Å². The van der Waals surface area contributed by atoms with Gasteiger partial charge in [0.15, 0.2) is 0 Å². The van der Waals surface area contributed by atoms with Gasteiger partial charge in [0.1, 0.15) is 0 Å². The first-order chi connectivity index (χ1) is 11.0. The Balaban J connectivity index is 2.93. The van der Waals surface area contributed by atoms with E-state index in [0.717, 1.165) is 4.31 Å². The fourth-order valence-corrected chi connectivity index (χ4v) is 3.42. The summed E-state index contributed by atoms with van der Waals surface area (Å²) in [5.41, 5.74) is 1.02. The Hall–Kier alpha value is -1.60. The molecule has 1 aromatic carbocycles. The van der Waals surface area contributed by atoms with Crippen molar-refractivity contribution in [3.63, 3.8) is 0 Å². The van der Waals surface area contributed by atoms with E-state index in [-0.39, 0.29) is 11.9 Å². The molecule has 0 spiro atoms. The Kier molecular flexibility index (Phi) is 6.80. The number of carbonyl (C=O) groups is 1. The average Bonchev–Trinajstić information content (AvgIpc) is 2.50. The van der Waals surface area contributed by atoms with Gasteiger partial charge in [-0.3, -0.25) is 9.10 Å². The smallest absolute Gasteiger partial charge is 0.303 e. The van der Waals surface area contributed by atoms with Gasteiger partial charge in [0.05, 0.1) is 5.69 Å². The highest BCUT2D eigenvalue weighted by Gasteiger charge is 2.22. The Bertz CT molecular complexity index is 644. The molecule has 0 aliphatic heterocycles. The second-order valence-electron chi connectivity index (χ2n) is 6.79. The lowest BCUT2D eigenvalue weighted by Gasteiger charge is -2.26. The molecule has 1 rings (SSSR count). The number of carbonyl (C=O) groups excluding carboxylic acids is 1. The van der Waals surface area contributed by atoms with E-state index in [1.807, 2.05) is 0 Å². The number of hydrogen-bond donors (Lipinski definition) is 1. The van der Waals surface area contributed by atoms with Crippen LogP contribution in [-0.4, -0.2) is 45.8 Å². The molecule has 0 unspecified atom stereocenters. The molecule has 0 saturated heterocycles. The van der Waals surface area contributed by atoms with Gasteiger partial charge in [0, 0.05) is 32.7 Å². The molecular weight excluding hydrogens is 326 g/mol. The minimum atomic E-state index is -3.54. The zero-order valence-corrected chi connectivity index (χ0v) is 16.4. The van der Waals surface area contributed by atoms with Crippen LogP contribution >= 0.6 is 0 Å². The summed E-state index contributed by atoms with van der Waals surface area (Å²) in [6.07, 6.45) is 0. The molecule has 0 aliphatic rings. The van der Waals surface area contributed by atoms with Gasteiger partial charge in [-0.05, 0) is 36.1 Å². The van der Waals surface area contributed by atoms with Gasteiger partial charge in [-0.25, -0.2) is 0 Å². The predicted octanol–water partition coefficient (Wildman–Crippen LogP) is 2.34. The van der Waals surface area contributed by atoms with Crippen molar-refractivity contribution in [2.24, 2.45) is 11.8 Å². The van der Waals surface area contributed by atoms with Gasteiger partial charge < -0.3 is 5.32 Å². The third kappa shape index (κ3) is 4.70. The number of nitrogens with one attached hydrogen (secondary N) is 1.